The molecule has 8 nitrogen and oxygen atoms in total. The molecule has 3 heterocycles. The molecule has 0 saturated carbocycles. The highest BCUT2D eigenvalue weighted by Crippen LogP contribution is 2.42. The number of tetrazole rings is 1. The summed E-state index contributed by atoms with van der Waals surface area (Å²) in [5.41, 5.74) is 4.10. The Morgan fingerprint density at radius 2 is 1.88 bits per heavy atom. The Bertz CT molecular complexity index is 1150. The molecule has 0 unspecified atom stereocenters. The van der Waals surface area contributed by atoms with Gasteiger partial charge in [0.2, 0.25) is 11.7 Å². The molecule has 2 aliphatic heterocycles. The van der Waals surface area contributed by atoms with Crippen LogP contribution in [-0.2, 0) is 11.3 Å². The Balaban J connectivity index is 1.40. The standard InChI is InChI=1S/C24H26N6O2/c1-17(31)26-14-15-30-28-23(27-29-30)19-8-6-18(7-9-19)21-16-24(10-12-25-13-11-24)32-22-5-3-2-4-20(21)22/h2-9,16,25H,10-15H2,1H3,(H,26,31). The lowest BCUT2D eigenvalue weighted by atomic mass is 9.83. The number of aromatic nitrogens is 4. The number of hydrogen-bond acceptors (Lipinski definition) is 6. The minimum absolute atomic E-state index is 0.0730. The first-order valence-electron chi connectivity index (χ1n) is 11.0. The molecular weight excluding hydrogens is 404 g/mol. The van der Waals surface area contributed by atoms with E-state index in [2.05, 4.69) is 56.4 Å². The number of rotatable bonds is 5. The zero-order valence-corrected chi connectivity index (χ0v) is 18.0. The number of piperidine rings is 1. The smallest absolute Gasteiger partial charge is 0.216 e. The number of amides is 1. The van der Waals surface area contributed by atoms with Gasteiger partial charge in [0.25, 0.3) is 0 Å². The number of carbonyl (C=O) groups excluding carboxylic acids is 1. The molecule has 2 aliphatic rings. The highest BCUT2D eigenvalue weighted by molar-refractivity contribution is 5.85. The van der Waals surface area contributed by atoms with Crippen molar-refractivity contribution in [1.82, 2.24) is 30.8 Å². The topological polar surface area (TPSA) is 94.0 Å². The van der Waals surface area contributed by atoms with Crippen molar-refractivity contribution in [3.63, 3.8) is 0 Å². The first-order chi connectivity index (χ1) is 15.6. The van der Waals surface area contributed by atoms with Gasteiger partial charge in [-0.1, -0.05) is 42.5 Å². The second kappa shape index (κ2) is 8.55. The Hall–Kier alpha value is -3.52. The van der Waals surface area contributed by atoms with E-state index in [0.717, 1.165) is 48.4 Å². The van der Waals surface area contributed by atoms with Crippen LogP contribution >= 0.6 is 0 Å². The lowest BCUT2D eigenvalue weighted by Gasteiger charge is -2.40. The van der Waals surface area contributed by atoms with E-state index in [1.54, 1.807) is 0 Å². The Morgan fingerprint density at radius 1 is 1.12 bits per heavy atom. The average Bonchev–Trinajstić information content (AvgIpc) is 3.28. The molecule has 0 radical (unpaired) electrons. The van der Waals surface area contributed by atoms with Crippen LogP contribution in [0.4, 0.5) is 0 Å². The molecule has 0 atom stereocenters. The molecule has 32 heavy (non-hydrogen) atoms. The van der Waals surface area contributed by atoms with Gasteiger partial charge >= 0.3 is 0 Å². The van der Waals surface area contributed by atoms with Gasteiger partial charge in [-0.15, -0.1) is 10.2 Å². The maximum absolute atomic E-state index is 11.0. The lowest BCUT2D eigenvalue weighted by molar-refractivity contribution is -0.119. The Labute approximate surface area is 186 Å². The van der Waals surface area contributed by atoms with Gasteiger partial charge in [-0.3, -0.25) is 4.79 Å². The molecule has 3 aromatic rings. The number of fused-ring (bicyclic) bond motifs is 1. The van der Waals surface area contributed by atoms with Crippen molar-refractivity contribution in [3.05, 3.63) is 65.7 Å². The molecule has 1 saturated heterocycles. The molecule has 0 bridgehead atoms. The van der Waals surface area contributed by atoms with E-state index in [-0.39, 0.29) is 11.5 Å². The fourth-order valence-electron chi connectivity index (χ4n) is 4.29. The van der Waals surface area contributed by atoms with Gasteiger partial charge in [0, 0.05) is 37.4 Å². The fourth-order valence-corrected chi connectivity index (χ4v) is 4.29. The number of nitrogens with one attached hydrogen (secondary N) is 2. The SMILES string of the molecule is CC(=O)NCCn1nnc(-c2ccc(C3=CC4(CCNCC4)Oc4ccccc43)cc2)n1. The maximum Gasteiger partial charge on any atom is 0.216 e. The van der Waals surface area contributed by atoms with Gasteiger partial charge in [0.15, 0.2) is 0 Å². The number of carbonyl (C=O) groups is 1. The van der Waals surface area contributed by atoms with Gasteiger partial charge in [-0.25, -0.2) is 0 Å². The molecule has 2 N–H and O–H groups in total. The summed E-state index contributed by atoms with van der Waals surface area (Å²) in [5.74, 6) is 1.44. The minimum atomic E-state index is -0.258. The molecule has 1 fully saturated rings. The van der Waals surface area contributed by atoms with Crippen LogP contribution in [0.15, 0.2) is 54.6 Å². The summed E-state index contributed by atoms with van der Waals surface area (Å²) in [6, 6.07) is 16.5. The molecule has 2 aromatic carbocycles. The molecule has 1 spiro atoms. The molecular formula is C24H26N6O2. The Kier molecular flexibility index (Phi) is 5.45. The van der Waals surface area contributed by atoms with Crippen LogP contribution in [0.5, 0.6) is 5.75 Å². The third-order valence-electron chi connectivity index (χ3n) is 5.94. The molecule has 0 aliphatic carbocycles. The minimum Gasteiger partial charge on any atom is -0.482 e. The summed E-state index contributed by atoms with van der Waals surface area (Å²) < 4.78 is 6.48. The Morgan fingerprint density at radius 3 is 2.66 bits per heavy atom. The van der Waals surface area contributed by atoms with Crippen molar-refractivity contribution in [2.45, 2.75) is 31.9 Å². The van der Waals surface area contributed by atoms with E-state index in [1.807, 2.05) is 24.3 Å². The van der Waals surface area contributed by atoms with E-state index < -0.39 is 0 Å². The third kappa shape index (κ3) is 4.13. The number of hydrogen-bond donors (Lipinski definition) is 2. The van der Waals surface area contributed by atoms with Gasteiger partial charge < -0.3 is 15.4 Å². The van der Waals surface area contributed by atoms with E-state index in [1.165, 1.54) is 17.3 Å². The molecule has 1 amide bonds. The molecule has 5 rings (SSSR count). The van der Waals surface area contributed by atoms with Crippen LogP contribution in [0.2, 0.25) is 0 Å². The fraction of sp³-hybridized carbons (Fsp3) is 0.333. The van der Waals surface area contributed by atoms with Crippen molar-refractivity contribution < 1.29 is 9.53 Å². The zero-order chi connectivity index (χ0) is 22.0. The predicted octanol–water partition coefficient (Wildman–Crippen LogP) is 2.42. The molecule has 8 heteroatoms. The van der Waals surface area contributed by atoms with Gasteiger partial charge in [0.1, 0.15) is 11.4 Å². The van der Waals surface area contributed by atoms with Crippen LogP contribution in [0, 0.1) is 0 Å². The van der Waals surface area contributed by atoms with Gasteiger partial charge in [-0.2, -0.15) is 4.80 Å². The number of nitrogens with zero attached hydrogens (tertiary/aromatic N) is 4. The largest absolute Gasteiger partial charge is 0.482 e. The summed E-state index contributed by atoms with van der Waals surface area (Å²) in [7, 11) is 0. The molecule has 164 valence electrons. The van der Waals surface area contributed by atoms with Crippen molar-refractivity contribution in [2.75, 3.05) is 19.6 Å². The van der Waals surface area contributed by atoms with Crippen LogP contribution in [-0.4, -0.2) is 51.3 Å². The first-order valence-corrected chi connectivity index (χ1v) is 11.0. The van der Waals surface area contributed by atoms with E-state index in [0.29, 0.717) is 18.9 Å². The van der Waals surface area contributed by atoms with Crippen molar-refractivity contribution >= 4 is 11.5 Å². The van der Waals surface area contributed by atoms with Gasteiger partial charge in [-0.05, 0) is 41.6 Å². The summed E-state index contributed by atoms with van der Waals surface area (Å²) in [4.78, 5) is 12.5. The van der Waals surface area contributed by atoms with Crippen LogP contribution in [0.25, 0.3) is 17.0 Å². The normalized spacial score (nSPS) is 16.7. The number of benzene rings is 2. The monoisotopic (exact) mass is 430 g/mol. The van der Waals surface area contributed by atoms with Crippen LogP contribution in [0.3, 0.4) is 0 Å². The van der Waals surface area contributed by atoms with E-state index in [9.17, 15) is 4.79 Å². The quantitative estimate of drug-likeness (QED) is 0.646. The summed E-state index contributed by atoms with van der Waals surface area (Å²) >= 11 is 0. The second-order valence-corrected chi connectivity index (χ2v) is 8.24. The van der Waals surface area contributed by atoms with Crippen LogP contribution < -0.4 is 15.4 Å². The summed E-state index contributed by atoms with van der Waals surface area (Å²) in [5, 5.41) is 18.8. The maximum atomic E-state index is 11.0. The summed E-state index contributed by atoms with van der Waals surface area (Å²) in [6.07, 6.45) is 4.21. The first kappa shape index (κ1) is 20.4. The second-order valence-electron chi connectivity index (χ2n) is 8.24. The van der Waals surface area contributed by atoms with Crippen molar-refractivity contribution in [2.24, 2.45) is 0 Å². The van der Waals surface area contributed by atoms with E-state index >= 15 is 0 Å². The van der Waals surface area contributed by atoms with E-state index in [4.69, 9.17) is 4.74 Å². The molecule has 1 aromatic heterocycles. The lowest BCUT2D eigenvalue weighted by Crippen LogP contribution is -2.46. The van der Waals surface area contributed by atoms with Crippen LogP contribution in [0.1, 0.15) is 30.9 Å². The zero-order valence-electron chi connectivity index (χ0n) is 18.0. The van der Waals surface area contributed by atoms with Gasteiger partial charge in [0.05, 0.1) is 6.54 Å². The average molecular weight is 431 g/mol. The third-order valence-corrected chi connectivity index (χ3v) is 5.94. The predicted molar refractivity (Wildman–Crippen MR) is 121 cm³/mol. The summed E-state index contributed by atoms with van der Waals surface area (Å²) in [6.45, 7) is 4.34. The number of ether oxygens (including phenoxy) is 1. The van der Waals surface area contributed by atoms with Crippen molar-refractivity contribution in [1.29, 1.82) is 0 Å². The van der Waals surface area contributed by atoms with Crippen molar-refractivity contribution in [3.8, 4) is 17.1 Å². The number of para-hydroxylation sites is 1. The highest BCUT2D eigenvalue weighted by Gasteiger charge is 2.36. The highest BCUT2D eigenvalue weighted by atomic mass is 16.5.